The molecule has 0 aliphatic carbocycles. The summed E-state index contributed by atoms with van der Waals surface area (Å²) >= 11 is 0. The number of hydrogen-bond acceptors (Lipinski definition) is 5. The van der Waals surface area contributed by atoms with Gasteiger partial charge in [-0.15, -0.1) is 0 Å². The number of nitrogens with one attached hydrogen (secondary N) is 1. The van der Waals surface area contributed by atoms with Crippen LogP contribution < -0.4 is 10.1 Å². The molecule has 1 aromatic rings. The highest BCUT2D eigenvalue weighted by Gasteiger charge is 2.38. The second-order valence-electron chi connectivity index (χ2n) is 3.64. The molecule has 0 unspecified atom stereocenters. The van der Waals surface area contributed by atoms with Crippen molar-refractivity contribution < 1.29 is 37.7 Å². The normalized spacial score (nSPS) is 10.3. The molecule has 0 saturated carbocycles. The molecule has 0 aromatic carbocycles. The number of hydrogen-bond donors (Lipinski definition) is 3. The van der Waals surface area contributed by atoms with Crippen molar-refractivity contribution in [3.8, 4) is 5.75 Å². The molecule has 3 N–H and O–H groups in total. The maximum Gasteiger partial charge on any atom is 0.490 e. The number of nitrogens with zero attached hydrogens (tertiary/aromatic N) is 1. The molecular weight excluding hydrogens is 309 g/mol. The first-order chi connectivity index (χ1) is 10.2. The van der Waals surface area contributed by atoms with Gasteiger partial charge in [-0.1, -0.05) is 0 Å². The Labute approximate surface area is 123 Å². The van der Waals surface area contributed by atoms with E-state index in [1.165, 1.54) is 13.2 Å². The fourth-order valence-electron chi connectivity index (χ4n) is 1.14. The quantitative estimate of drug-likeness (QED) is 0.761. The molecule has 0 aliphatic rings. The lowest BCUT2D eigenvalue weighted by Gasteiger charge is -2.09. The predicted octanol–water partition coefficient (Wildman–Crippen LogP) is 0.965. The second-order valence-corrected chi connectivity index (χ2v) is 3.64. The zero-order valence-corrected chi connectivity index (χ0v) is 11.8. The van der Waals surface area contributed by atoms with Gasteiger partial charge in [0.15, 0.2) is 0 Å². The van der Waals surface area contributed by atoms with Crippen molar-refractivity contribution in [3.05, 3.63) is 23.5 Å². The minimum absolute atomic E-state index is 0.173. The maximum atomic E-state index is 11.4. The van der Waals surface area contributed by atoms with Gasteiger partial charge in [0, 0.05) is 19.3 Å². The van der Waals surface area contributed by atoms with Gasteiger partial charge in [0.2, 0.25) is 0 Å². The fourth-order valence-corrected chi connectivity index (χ4v) is 1.14. The Morgan fingerprint density at radius 3 is 2.32 bits per heavy atom. The number of carboxylic acid groups (broad SMARTS) is 1. The molecule has 0 radical (unpaired) electrons. The summed E-state index contributed by atoms with van der Waals surface area (Å²) in [4.78, 5) is 24.2. The predicted molar refractivity (Wildman–Crippen MR) is 68.4 cm³/mol. The number of amides is 1. The molecule has 1 heterocycles. The third-order valence-corrected chi connectivity index (χ3v) is 2.10. The van der Waals surface area contributed by atoms with Crippen LogP contribution in [0.1, 0.15) is 23.0 Å². The molecule has 0 saturated heterocycles. The molecule has 124 valence electrons. The summed E-state index contributed by atoms with van der Waals surface area (Å²) in [6.45, 7) is 2.11. The summed E-state index contributed by atoms with van der Waals surface area (Å²) < 4.78 is 37.0. The highest BCUT2D eigenvalue weighted by Crippen LogP contribution is 2.18. The number of aliphatic hydroxyl groups is 1. The van der Waals surface area contributed by atoms with E-state index < -0.39 is 12.1 Å². The molecule has 0 fully saturated rings. The number of carboxylic acids is 1. The third-order valence-electron chi connectivity index (χ3n) is 2.10. The van der Waals surface area contributed by atoms with E-state index in [1.807, 2.05) is 6.92 Å². The zero-order chi connectivity index (χ0) is 17.3. The van der Waals surface area contributed by atoms with Gasteiger partial charge in [-0.3, -0.25) is 9.78 Å². The van der Waals surface area contributed by atoms with Crippen LogP contribution in [-0.2, 0) is 11.4 Å². The molecule has 1 rings (SSSR count). The van der Waals surface area contributed by atoms with Crippen LogP contribution in [0.25, 0.3) is 0 Å². The van der Waals surface area contributed by atoms with Crippen LogP contribution in [0.2, 0.25) is 0 Å². The van der Waals surface area contributed by atoms with Gasteiger partial charge in [0.25, 0.3) is 5.91 Å². The van der Waals surface area contributed by atoms with Gasteiger partial charge in [0.1, 0.15) is 5.75 Å². The number of aliphatic hydroxyl groups excluding tert-OH is 1. The first kappa shape index (κ1) is 19.6. The van der Waals surface area contributed by atoms with E-state index in [4.69, 9.17) is 19.7 Å². The molecule has 1 aromatic heterocycles. The number of halogens is 3. The molecule has 0 atom stereocenters. The van der Waals surface area contributed by atoms with Crippen molar-refractivity contribution in [2.75, 3.05) is 13.7 Å². The SMILES string of the molecule is CCOc1cc(CO)ncc1C(=O)NC.O=C(O)C(F)(F)F. The molecule has 7 nitrogen and oxygen atoms in total. The maximum absolute atomic E-state index is 11.4. The van der Waals surface area contributed by atoms with Gasteiger partial charge >= 0.3 is 12.1 Å². The monoisotopic (exact) mass is 324 g/mol. The zero-order valence-electron chi connectivity index (χ0n) is 11.8. The minimum Gasteiger partial charge on any atom is -0.493 e. The van der Waals surface area contributed by atoms with Gasteiger partial charge in [-0.25, -0.2) is 4.79 Å². The van der Waals surface area contributed by atoms with Gasteiger partial charge in [0.05, 0.1) is 24.5 Å². The highest BCUT2D eigenvalue weighted by molar-refractivity contribution is 5.96. The first-order valence-electron chi connectivity index (χ1n) is 5.92. The lowest BCUT2D eigenvalue weighted by Crippen LogP contribution is -2.21. The Bertz CT molecular complexity index is 520. The van der Waals surface area contributed by atoms with Crippen molar-refractivity contribution in [1.82, 2.24) is 10.3 Å². The molecule has 22 heavy (non-hydrogen) atoms. The van der Waals surface area contributed by atoms with E-state index in [-0.39, 0.29) is 12.5 Å². The summed E-state index contributed by atoms with van der Waals surface area (Å²) in [5, 5.41) is 18.5. The number of aromatic nitrogens is 1. The summed E-state index contributed by atoms with van der Waals surface area (Å²) in [7, 11) is 1.54. The van der Waals surface area contributed by atoms with Crippen LogP contribution in [0.5, 0.6) is 5.75 Å². The van der Waals surface area contributed by atoms with Crippen LogP contribution in [0.3, 0.4) is 0 Å². The number of carbonyl (C=O) groups excluding carboxylic acids is 1. The third kappa shape index (κ3) is 6.39. The number of alkyl halides is 3. The van der Waals surface area contributed by atoms with Gasteiger partial charge < -0.3 is 20.3 Å². The van der Waals surface area contributed by atoms with Gasteiger partial charge in [-0.2, -0.15) is 13.2 Å². The summed E-state index contributed by atoms with van der Waals surface area (Å²) in [6.07, 6.45) is -3.69. The largest absolute Gasteiger partial charge is 0.493 e. The van der Waals surface area contributed by atoms with Gasteiger partial charge in [-0.05, 0) is 6.92 Å². The standard InChI is InChI=1S/C10H14N2O3.C2HF3O2/c1-3-15-9-4-7(6-13)12-5-8(9)10(14)11-2;3-2(4,5)1(6)7/h4-5,13H,3,6H2,1-2H3,(H,11,14);(H,6,7). The van der Waals surface area contributed by atoms with E-state index in [9.17, 15) is 18.0 Å². The molecule has 1 amide bonds. The van der Waals surface area contributed by atoms with Crippen LogP contribution >= 0.6 is 0 Å². The molecule has 10 heteroatoms. The highest BCUT2D eigenvalue weighted by atomic mass is 19.4. The lowest BCUT2D eigenvalue weighted by atomic mass is 10.2. The Balaban J connectivity index is 0.000000534. The average Bonchev–Trinajstić information content (AvgIpc) is 2.46. The van der Waals surface area contributed by atoms with Crippen LogP contribution in [0, 0.1) is 0 Å². The van der Waals surface area contributed by atoms with E-state index in [0.717, 1.165) is 0 Å². The van der Waals surface area contributed by atoms with Crippen LogP contribution in [-0.4, -0.2) is 46.9 Å². The summed E-state index contributed by atoms with van der Waals surface area (Å²) in [5.41, 5.74) is 0.850. The van der Waals surface area contributed by atoms with Crippen LogP contribution in [0.4, 0.5) is 13.2 Å². The van der Waals surface area contributed by atoms with Crippen molar-refractivity contribution in [2.24, 2.45) is 0 Å². The number of carbonyl (C=O) groups is 2. The van der Waals surface area contributed by atoms with E-state index in [2.05, 4.69) is 10.3 Å². The Hall–Kier alpha value is -2.36. The Kier molecular flexibility index (Phi) is 7.88. The molecule has 0 spiro atoms. The van der Waals surface area contributed by atoms with Crippen molar-refractivity contribution in [3.63, 3.8) is 0 Å². The topological polar surface area (TPSA) is 109 Å². The fraction of sp³-hybridized carbons (Fsp3) is 0.417. The lowest BCUT2D eigenvalue weighted by molar-refractivity contribution is -0.192. The molecule has 0 bridgehead atoms. The first-order valence-corrected chi connectivity index (χ1v) is 5.92. The number of aliphatic carboxylic acids is 1. The minimum atomic E-state index is -5.08. The van der Waals surface area contributed by atoms with Crippen molar-refractivity contribution in [2.45, 2.75) is 19.7 Å². The summed E-state index contributed by atoms with van der Waals surface area (Å²) in [5.74, 6) is -2.57. The average molecular weight is 324 g/mol. The van der Waals surface area contributed by atoms with Crippen LogP contribution in [0.15, 0.2) is 12.3 Å². The Morgan fingerprint density at radius 2 is 1.95 bits per heavy atom. The number of rotatable bonds is 4. The summed E-state index contributed by atoms with van der Waals surface area (Å²) in [6, 6.07) is 1.56. The second kappa shape index (κ2) is 8.82. The van der Waals surface area contributed by atoms with E-state index in [1.54, 1.807) is 6.07 Å². The number of ether oxygens (including phenoxy) is 1. The van der Waals surface area contributed by atoms with E-state index >= 15 is 0 Å². The van der Waals surface area contributed by atoms with E-state index in [0.29, 0.717) is 23.6 Å². The van der Waals surface area contributed by atoms with Crippen molar-refractivity contribution >= 4 is 11.9 Å². The molecular formula is C12H15F3N2O5. The smallest absolute Gasteiger partial charge is 0.490 e. The van der Waals surface area contributed by atoms with Crippen molar-refractivity contribution in [1.29, 1.82) is 0 Å². The Morgan fingerprint density at radius 1 is 1.41 bits per heavy atom. The number of pyridine rings is 1. The molecule has 0 aliphatic heterocycles.